The van der Waals surface area contributed by atoms with Crippen LogP contribution in [0.3, 0.4) is 0 Å². The number of hydrogen-bond acceptors (Lipinski definition) is 1. The van der Waals surface area contributed by atoms with Gasteiger partial charge in [0.15, 0.2) is 0 Å². The van der Waals surface area contributed by atoms with Crippen molar-refractivity contribution in [3.63, 3.8) is 0 Å². The van der Waals surface area contributed by atoms with Gasteiger partial charge in [-0.05, 0) is 41.7 Å². The van der Waals surface area contributed by atoms with Crippen molar-refractivity contribution in [2.45, 2.75) is 38.0 Å². The zero-order valence-corrected chi connectivity index (χ0v) is 15.4. The molecule has 3 rings (SSSR count). The van der Waals surface area contributed by atoms with Crippen LogP contribution < -0.4 is 0 Å². The number of nitriles is 1. The van der Waals surface area contributed by atoms with E-state index in [9.17, 15) is 0 Å². The molecule has 0 spiro atoms. The molecule has 0 fully saturated rings. The fraction of sp³-hybridized carbons (Fsp3) is 0.240. The van der Waals surface area contributed by atoms with Crippen LogP contribution in [0.25, 0.3) is 0 Å². The molecule has 0 heterocycles. The van der Waals surface area contributed by atoms with Gasteiger partial charge in [0.05, 0.1) is 11.6 Å². The molecule has 130 valence electrons. The lowest BCUT2D eigenvalue weighted by Crippen LogP contribution is -2.30. The van der Waals surface area contributed by atoms with Gasteiger partial charge in [0.25, 0.3) is 0 Å². The smallest absolute Gasteiger partial charge is 0.0991 e. The van der Waals surface area contributed by atoms with Crippen molar-refractivity contribution in [1.82, 2.24) is 0 Å². The maximum Gasteiger partial charge on any atom is 0.0991 e. The highest BCUT2D eigenvalue weighted by Gasteiger charge is 2.33. The first-order valence-electron chi connectivity index (χ1n) is 9.38. The van der Waals surface area contributed by atoms with Gasteiger partial charge in [-0.15, -0.1) is 0 Å². The van der Waals surface area contributed by atoms with E-state index in [2.05, 4.69) is 85.8 Å². The Hall–Kier alpha value is -2.85. The lowest BCUT2D eigenvalue weighted by Gasteiger charge is -2.36. The summed E-state index contributed by atoms with van der Waals surface area (Å²) in [5.74, 6) is 0. The van der Waals surface area contributed by atoms with Crippen molar-refractivity contribution in [3.8, 4) is 6.07 Å². The molecule has 0 saturated heterocycles. The molecule has 3 aromatic rings. The maximum absolute atomic E-state index is 9.08. The quantitative estimate of drug-likeness (QED) is 0.497. The van der Waals surface area contributed by atoms with Gasteiger partial charge in [-0.3, -0.25) is 0 Å². The second-order valence-electron chi connectivity index (χ2n) is 6.90. The first-order valence-corrected chi connectivity index (χ1v) is 9.38. The molecule has 0 N–H and O–H groups in total. The Kier molecular flexibility index (Phi) is 5.87. The van der Waals surface area contributed by atoms with E-state index in [4.69, 9.17) is 5.26 Å². The summed E-state index contributed by atoms with van der Waals surface area (Å²) >= 11 is 0. The van der Waals surface area contributed by atoms with Crippen molar-refractivity contribution in [2.75, 3.05) is 0 Å². The summed E-state index contributed by atoms with van der Waals surface area (Å²) in [6.07, 6.45) is 4.40. The van der Waals surface area contributed by atoms with Crippen LogP contribution in [0.1, 0.15) is 48.4 Å². The molecule has 0 radical (unpaired) electrons. The predicted octanol–water partition coefficient (Wildman–Crippen LogP) is 6.28. The third-order valence-electron chi connectivity index (χ3n) is 5.20. The number of nitrogens with zero attached hydrogens (tertiary/aromatic N) is 1. The van der Waals surface area contributed by atoms with Gasteiger partial charge in [0.1, 0.15) is 0 Å². The van der Waals surface area contributed by atoms with Crippen molar-refractivity contribution in [2.24, 2.45) is 0 Å². The van der Waals surface area contributed by atoms with Gasteiger partial charge >= 0.3 is 0 Å². The molecule has 3 aromatic carbocycles. The summed E-state index contributed by atoms with van der Waals surface area (Å²) in [4.78, 5) is 0. The van der Waals surface area contributed by atoms with Gasteiger partial charge in [-0.25, -0.2) is 0 Å². The fourth-order valence-corrected chi connectivity index (χ4v) is 3.79. The Labute approximate surface area is 156 Å². The van der Waals surface area contributed by atoms with Crippen LogP contribution in [0.5, 0.6) is 0 Å². The van der Waals surface area contributed by atoms with Gasteiger partial charge in [-0.1, -0.05) is 92.6 Å². The minimum Gasteiger partial charge on any atom is -0.192 e. The molecule has 0 aliphatic rings. The number of rotatable bonds is 7. The number of benzene rings is 3. The summed E-state index contributed by atoms with van der Waals surface area (Å²) in [6.45, 7) is 2.25. The van der Waals surface area contributed by atoms with Crippen LogP contribution in [0.4, 0.5) is 0 Å². The molecule has 1 heteroatoms. The van der Waals surface area contributed by atoms with Crippen LogP contribution >= 0.6 is 0 Å². The van der Waals surface area contributed by atoms with E-state index in [1.165, 1.54) is 29.5 Å². The molecule has 0 aliphatic heterocycles. The highest BCUT2D eigenvalue weighted by atomic mass is 14.4. The predicted molar refractivity (Wildman–Crippen MR) is 108 cm³/mol. The van der Waals surface area contributed by atoms with Gasteiger partial charge in [0.2, 0.25) is 0 Å². The standard InChI is InChI=1S/C25H25N/c1-2-3-18-25(23-10-6-4-7-11-23,24-12-8-5-9-13-24)19-21-14-16-22(20-26)17-15-21/h4-17H,2-3,18-19H2,1H3. The molecular weight excluding hydrogens is 314 g/mol. The molecule has 0 aliphatic carbocycles. The van der Waals surface area contributed by atoms with E-state index in [-0.39, 0.29) is 5.41 Å². The molecular formula is C25H25N. The first-order chi connectivity index (χ1) is 12.8. The van der Waals surface area contributed by atoms with E-state index in [1.807, 2.05) is 12.1 Å². The largest absolute Gasteiger partial charge is 0.192 e. The highest BCUT2D eigenvalue weighted by molar-refractivity contribution is 5.42. The van der Waals surface area contributed by atoms with E-state index in [0.29, 0.717) is 5.56 Å². The van der Waals surface area contributed by atoms with Crippen molar-refractivity contribution in [1.29, 1.82) is 5.26 Å². The van der Waals surface area contributed by atoms with E-state index in [1.54, 1.807) is 0 Å². The highest BCUT2D eigenvalue weighted by Crippen LogP contribution is 2.40. The van der Waals surface area contributed by atoms with Crippen molar-refractivity contribution in [3.05, 3.63) is 107 Å². The SMILES string of the molecule is CCCCC(Cc1ccc(C#N)cc1)(c1ccccc1)c1ccccc1. The fourth-order valence-electron chi connectivity index (χ4n) is 3.79. The molecule has 0 bridgehead atoms. The maximum atomic E-state index is 9.08. The van der Waals surface area contributed by atoms with E-state index < -0.39 is 0 Å². The molecule has 0 aromatic heterocycles. The molecule has 26 heavy (non-hydrogen) atoms. The van der Waals surface area contributed by atoms with Crippen LogP contribution in [-0.4, -0.2) is 0 Å². The number of hydrogen-bond donors (Lipinski definition) is 0. The average molecular weight is 339 g/mol. The minimum atomic E-state index is -0.0489. The van der Waals surface area contributed by atoms with Crippen LogP contribution in [0.2, 0.25) is 0 Å². The monoisotopic (exact) mass is 339 g/mol. The summed E-state index contributed by atoms with van der Waals surface area (Å²) in [5.41, 5.74) is 4.67. The van der Waals surface area contributed by atoms with Crippen molar-refractivity contribution < 1.29 is 0 Å². The molecule has 1 nitrogen and oxygen atoms in total. The molecule has 0 atom stereocenters. The van der Waals surface area contributed by atoms with Crippen LogP contribution in [-0.2, 0) is 11.8 Å². The Morgan fingerprint density at radius 3 is 1.77 bits per heavy atom. The minimum absolute atomic E-state index is 0.0489. The summed E-state index contributed by atoms with van der Waals surface area (Å²) in [5, 5.41) is 9.08. The number of unbranched alkanes of at least 4 members (excludes halogenated alkanes) is 1. The van der Waals surface area contributed by atoms with Crippen LogP contribution in [0, 0.1) is 11.3 Å². The molecule has 0 unspecified atom stereocenters. The van der Waals surface area contributed by atoms with Crippen molar-refractivity contribution >= 4 is 0 Å². The summed E-state index contributed by atoms with van der Waals surface area (Å²) in [7, 11) is 0. The Bertz CT molecular complexity index is 803. The Balaban J connectivity index is 2.10. The third-order valence-corrected chi connectivity index (χ3v) is 5.20. The van der Waals surface area contributed by atoms with Gasteiger partial charge in [0, 0.05) is 5.41 Å². The van der Waals surface area contributed by atoms with Crippen LogP contribution in [0.15, 0.2) is 84.9 Å². The Morgan fingerprint density at radius 1 is 0.769 bits per heavy atom. The van der Waals surface area contributed by atoms with E-state index in [0.717, 1.165) is 12.8 Å². The normalized spacial score (nSPS) is 11.1. The molecule has 0 saturated carbocycles. The van der Waals surface area contributed by atoms with E-state index >= 15 is 0 Å². The topological polar surface area (TPSA) is 23.8 Å². The lowest BCUT2D eigenvalue weighted by molar-refractivity contribution is 0.448. The summed E-state index contributed by atoms with van der Waals surface area (Å²) < 4.78 is 0. The molecule has 0 amide bonds. The zero-order chi connectivity index (χ0) is 18.2. The third kappa shape index (κ3) is 3.86. The van der Waals surface area contributed by atoms with Gasteiger partial charge < -0.3 is 0 Å². The van der Waals surface area contributed by atoms with Gasteiger partial charge in [-0.2, -0.15) is 5.26 Å². The zero-order valence-electron chi connectivity index (χ0n) is 15.4. The second kappa shape index (κ2) is 8.50. The summed E-state index contributed by atoms with van der Waals surface area (Å²) in [6, 6.07) is 32.0. The second-order valence-corrected chi connectivity index (χ2v) is 6.90. The average Bonchev–Trinajstić information content (AvgIpc) is 2.73. The Morgan fingerprint density at radius 2 is 1.31 bits per heavy atom. The first kappa shape index (κ1) is 18.0. The lowest BCUT2D eigenvalue weighted by atomic mass is 9.67.